The first kappa shape index (κ1) is 13.4. The van der Waals surface area contributed by atoms with Crippen molar-refractivity contribution in [1.82, 2.24) is 4.98 Å². The fourth-order valence-electron chi connectivity index (χ4n) is 1.79. The monoisotopic (exact) mass is 269 g/mol. The highest BCUT2D eigenvalue weighted by Crippen LogP contribution is 2.35. The number of benzene rings is 1. The standard InChI is InChI=1S/C13H10F3NO2/c14-13(15,16)11-4-2-1-3-9(11)10-5-8(7-18)6-17-12(10)19/h1-6,18H,7H2,(H,17,19). The fraction of sp³-hybridized carbons (Fsp3) is 0.154. The molecule has 6 heteroatoms. The molecule has 19 heavy (non-hydrogen) atoms. The Labute approximate surface area is 106 Å². The second kappa shape index (κ2) is 4.89. The molecule has 0 unspecified atom stereocenters. The number of aromatic nitrogens is 1. The molecule has 1 aromatic heterocycles. The van der Waals surface area contributed by atoms with E-state index in [0.29, 0.717) is 5.56 Å². The number of pyridine rings is 1. The molecule has 2 N–H and O–H groups in total. The number of aliphatic hydroxyl groups excluding tert-OH is 1. The van der Waals surface area contributed by atoms with Crippen LogP contribution in [0.2, 0.25) is 0 Å². The lowest BCUT2D eigenvalue weighted by Gasteiger charge is -2.12. The molecule has 0 atom stereocenters. The van der Waals surface area contributed by atoms with Gasteiger partial charge in [0.15, 0.2) is 0 Å². The zero-order chi connectivity index (χ0) is 14.0. The van der Waals surface area contributed by atoms with Gasteiger partial charge in [-0.2, -0.15) is 13.2 Å². The highest BCUT2D eigenvalue weighted by molar-refractivity contribution is 5.67. The Kier molecular flexibility index (Phi) is 3.44. The SMILES string of the molecule is O=c1[nH]cc(CO)cc1-c1ccccc1C(F)(F)F. The van der Waals surface area contributed by atoms with E-state index < -0.39 is 17.3 Å². The molecule has 0 radical (unpaired) electrons. The predicted molar refractivity (Wildman–Crippen MR) is 63.4 cm³/mol. The van der Waals surface area contributed by atoms with Crippen LogP contribution in [0.25, 0.3) is 11.1 Å². The number of aromatic amines is 1. The van der Waals surface area contributed by atoms with Crippen LogP contribution in [0.1, 0.15) is 11.1 Å². The van der Waals surface area contributed by atoms with Gasteiger partial charge in [-0.1, -0.05) is 18.2 Å². The Morgan fingerprint density at radius 1 is 1.16 bits per heavy atom. The van der Waals surface area contributed by atoms with E-state index in [4.69, 9.17) is 5.11 Å². The molecule has 0 saturated heterocycles. The molecule has 3 nitrogen and oxygen atoms in total. The van der Waals surface area contributed by atoms with Crippen molar-refractivity contribution in [3.05, 3.63) is 58.0 Å². The van der Waals surface area contributed by atoms with Gasteiger partial charge in [0.1, 0.15) is 0 Å². The van der Waals surface area contributed by atoms with Crippen LogP contribution in [0.3, 0.4) is 0 Å². The van der Waals surface area contributed by atoms with Crippen molar-refractivity contribution in [2.24, 2.45) is 0 Å². The molecule has 0 aliphatic heterocycles. The van der Waals surface area contributed by atoms with Crippen LogP contribution in [0.4, 0.5) is 13.2 Å². The van der Waals surface area contributed by atoms with Crippen LogP contribution >= 0.6 is 0 Å². The number of H-pyrrole nitrogens is 1. The van der Waals surface area contributed by atoms with E-state index in [0.717, 1.165) is 6.07 Å². The van der Waals surface area contributed by atoms with E-state index in [1.807, 2.05) is 0 Å². The molecular formula is C13H10F3NO2. The summed E-state index contributed by atoms with van der Waals surface area (Å²) in [5, 5.41) is 8.98. The van der Waals surface area contributed by atoms with E-state index in [1.54, 1.807) is 0 Å². The summed E-state index contributed by atoms with van der Waals surface area (Å²) in [7, 11) is 0. The molecule has 2 rings (SSSR count). The highest BCUT2D eigenvalue weighted by Gasteiger charge is 2.33. The minimum atomic E-state index is -4.54. The molecule has 100 valence electrons. The number of hydrogen-bond acceptors (Lipinski definition) is 2. The molecule has 0 fully saturated rings. The van der Waals surface area contributed by atoms with Gasteiger partial charge in [0.25, 0.3) is 5.56 Å². The number of alkyl halides is 3. The van der Waals surface area contributed by atoms with Crippen molar-refractivity contribution < 1.29 is 18.3 Å². The van der Waals surface area contributed by atoms with Crippen LogP contribution in [0.15, 0.2) is 41.3 Å². The van der Waals surface area contributed by atoms with Gasteiger partial charge in [-0.25, -0.2) is 0 Å². The van der Waals surface area contributed by atoms with Crippen molar-refractivity contribution in [2.45, 2.75) is 12.8 Å². The smallest absolute Gasteiger partial charge is 0.392 e. The average Bonchev–Trinajstić information content (AvgIpc) is 2.38. The van der Waals surface area contributed by atoms with Gasteiger partial charge >= 0.3 is 6.18 Å². The van der Waals surface area contributed by atoms with E-state index >= 15 is 0 Å². The predicted octanol–water partition coefficient (Wildman–Crippen LogP) is 2.55. The molecule has 1 heterocycles. The van der Waals surface area contributed by atoms with Crippen LogP contribution in [0, 0.1) is 0 Å². The third kappa shape index (κ3) is 2.68. The van der Waals surface area contributed by atoms with E-state index in [-0.39, 0.29) is 17.7 Å². The first-order valence-electron chi connectivity index (χ1n) is 5.42. The second-order valence-electron chi connectivity index (χ2n) is 3.95. The van der Waals surface area contributed by atoms with Crippen molar-refractivity contribution >= 4 is 0 Å². The summed E-state index contributed by atoms with van der Waals surface area (Å²) in [5.41, 5.74) is -1.48. The zero-order valence-corrected chi connectivity index (χ0v) is 9.66. The molecule has 2 aromatic rings. The van der Waals surface area contributed by atoms with E-state index in [2.05, 4.69) is 4.98 Å². The van der Waals surface area contributed by atoms with Gasteiger partial charge in [-0.15, -0.1) is 0 Å². The van der Waals surface area contributed by atoms with Crippen molar-refractivity contribution in [3.8, 4) is 11.1 Å². The first-order valence-corrected chi connectivity index (χ1v) is 5.42. The van der Waals surface area contributed by atoms with Gasteiger partial charge in [0.2, 0.25) is 0 Å². The van der Waals surface area contributed by atoms with Crippen LogP contribution in [-0.4, -0.2) is 10.1 Å². The van der Waals surface area contributed by atoms with Crippen LogP contribution < -0.4 is 5.56 Å². The maximum atomic E-state index is 12.9. The van der Waals surface area contributed by atoms with Gasteiger partial charge in [-0.05, 0) is 23.3 Å². The molecule has 1 aromatic carbocycles. The molecule has 0 aliphatic carbocycles. The normalized spacial score (nSPS) is 11.6. The number of halogens is 3. The largest absolute Gasteiger partial charge is 0.417 e. The van der Waals surface area contributed by atoms with E-state index in [1.165, 1.54) is 30.5 Å². The van der Waals surface area contributed by atoms with Gasteiger partial charge in [0, 0.05) is 11.8 Å². The summed E-state index contributed by atoms with van der Waals surface area (Å²) in [6.45, 7) is -0.363. The van der Waals surface area contributed by atoms with Crippen molar-refractivity contribution in [1.29, 1.82) is 0 Å². The Bertz CT molecular complexity index is 647. The summed E-state index contributed by atoms with van der Waals surface area (Å²) in [6.07, 6.45) is -3.28. The lowest BCUT2D eigenvalue weighted by Crippen LogP contribution is -2.13. The molecule has 0 spiro atoms. The molecule has 0 amide bonds. The fourth-order valence-corrected chi connectivity index (χ4v) is 1.79. The van der Waals surface area contributed by atoms with Crippen LogP contribution in [0.5, 0.6) is 0 Å². The summed E-state index contributed by atoms with van der Waals surface area (Å²) in [4.78, 5) is 14.0. The number of rotatable bonds is 2. The third-order valence-corrected chi connectivity index (χ3v) is 2.67. The quantitative estimate of drug-likeness (QED) is 0.880. The lowest BCUT2D eigenvalue weighted by atomic mass is 9.99. The Morgan fingerprint density at radius 2 is 1.84 bits per heavy atom. The molecular weight excluding hydrogens is 259 g/mol. The zero-order valence-electron chi connectivity index (χ0n) is 9.66. The minimum Gasteiger partial charge on any atom is -0.392 e. The number of aliphatic hydroxyl groups is 1. The van der Waals surface area contributed by atoms with Gasteiger partial charge < -0.3 is 10.1 Å². The van der Waals surface area contributed by atoms with E-state index in [9.17, 15) is 18.0 Å². The van der Waals surface area contributed by atoms with Crippen LogP contribution in [-0.2, 0) is 12.8 Å². The first-order chi connectivity index (χ1) is 8.93. The molecule has 0 bridgehead atoms. The topological polar surface area (TPSA) is 53.1 Å². The Balaban J connectivity index is 2.69. The van der Waals surface area contributed by atoms with Crippen molar-refractivity contribution in [3.63, 3.8) is 0 Å². The maximum Gasteiger partial charge on any atom is 0.417 e. The Morgan fingerprint density at radius 3 is 2.47 bits per heavy atom. The number of nitrogens with one attached hydrogen (secondary N) is 1. The molecule has 0 aliphatic rings. The second-order valence-corrected chi connectivity index (χ2v) is 3.95. The maximum absolute atomic E-state index is 12.9. The lowest BCUT2D eigenvalue weighted by molar-refractivity contribution is -0.137. The third-order valence-electron chi connectivity index (χ3n) is 2.67. The Hall–Kier alpha value is -2.08. The number of hydrogen-bond donors (Lipinski definition) is 2. The summed E-state index contributed by atoms with van der Waals surface area (Å²) in [5.74, 6) is 0. The minimum absolute atomic E-state index is 0.112. The summed E-state index contributed by atoms with van der Waals surface area (Å²) in [6, 6.07) is 6.09. The summed E-state index contributed by atoms with van der Waals surface area (Å²) >= 11 is 0. The average molecular weight is 269 g/mol. The van der Waals surface area contributed by atoms with Crippen molar-refractivity contribution in [2.75, 3.05) is 0 Å². The summed E-state index contributed by atoms with van der Waals surface area (Å²) < 4.78 is 38.7. The van der Waals surface area contributed by atoms with Gasteiger partial charge in [-0.3, -0.25) is 4.79 Å². The molecule has 0 saturated carbocycles. The highest BCUT2D eigenvalue weighted by atomic mass is 19.4. The van der Waals surface area contributed by atoms with Gasteiger partial charge in [0.05, 0.1) is 12.2 Å².